The van der Waals surface area contributed by atoms with Crippen LogP contribution in [0.1, 0.15) is 32.6 Å². The van der Waals surface area contributed by atoms with Crippen LogP contribution in [0.4, 0.5) is 0 Å². The van der Waals surface area contributed by atoms with Gasteiger partial charge in [-0.25, -0.2) is 4.68 Å². The molecule has 0 bridgehead atoms. The monoisotopic (exact) mass is 413 g/mol. The van der Waals surface area contributed by atoms with Crippen molar-refractivity contribution >= 4 is 40.9 Å². The molecule has 1 aliphatic carbocycles. The second kappa shape index (κ2) is 8.50. The Labute approximate surface area is 166 Å². The summed E-state index contributed by atoms with van der Waals surface area (Å²) in [5.41, 5.74) is 0.638. The van der Waals surface area contributed by atoms with Crippen LogP contribution >= 0.6 is 35.0 Å². The van der Waals surface area contributed by atoms with E-state index in [-0.39, 0.29) is 17.7 Å². The Bertz CT molecular complexity index is 789. The summed E-state index contributed by atoms with van der Waals surface area (Å²) in [6.07, 6.45) is 4.43. The summed E-state index contributed by atoms with van der Waals surface area (Å²) in [5.74, 6) is 7.49. The summed E-state index contributed by atoms with van der Waals surface area (Å²) in [4.78, 5) is 12.2. The molecular weight excluding hydrogens is 393 g/mol. The van der Waals surface area contributed by atoms with Gasteiger partial charge >= 0.3 is 0 Å². The fraction of sp³-hybridized carbons (Fsp3) is 0.471. The zero-order valence-electron chi connectivity index (χ0n) is 14.4. The Balaban J connectivity index is 1.59. The number of nitrogens with two attached hydrogens (primary N) is 1. The van der Waals surface area contributed by atoms with E-state index in [0.717, 1.165) is 18.8 Å². The summed E-state index contributed by atoms with van der Waals surface area (Å²) in [6, 6.07) is 5.35. The molecule has 0 atom stereocenters. The number of nitrogen functional groups attached to an aromatic ring is 1. The molecule has 2 aromatic rings. The molecule has 140 valence electrons. The van der Waals surface area contributed by atoms with Crippen LogP contribution in [-0.4, -0.2) is 32.6 Å². The number of thioether (sulfide) groups is 1. The molecule has 0 aliphatic heterocycles. The van der Waals surface area contributed by atoms with Crippen molar-refractivity contribution in [2.24, 2.45) is 5.92 Å². The van der Waals surface area contributed by atoms with E-state index in [1.165, 1.54) is 29.3 Å². The Kier molecular flexibility index (Phi) is 6.32. The van der Waals surface area contributed by atoms with E-state index in [2.05, 4.69) is 22.4 Å². The van der Waals surface area contributed by atoms with Gasteiger partial charge in [0.15, 0.2) is 5.82 Å². The van der Waals surface area contributed by atoms with Crippen LogP contribution in [0, 0.1) is 5.92 Å². The molecule has 26 heavy (non-hydrogen) atoms. The molecule has 3 N–H and O–H groups in total. The van der Waals surface area contributed by atoms with Crippen molar-refractivity contribution in [1.82, 2.24) is 20.2 Å². The first-order chi connectivity index (χ1) is 12.4. The van der Waals surface area contributed by atoms with E-state index in [9.17, 15) is 4.79 Å². The maximum absolute atomic E-state index is 12.2. The molecule has 0 spiro atoms. The average molecular weight is 414 g/mol. The number of rotatable bonds is 5. The summed E-state index contributed by atoms with van der Waals surface area (Å²) in [5, 5.41) is 12.7. The van der Waals surface area contributed by atoms with Gasteiger partial charge < -0.3 is 11.2 Å². The SMILES string of the molecule is CC1CCC(NC(=O)CSc2nnc(-c3ccc(Cl)cc3Cl)n2N)CC1. The summed E-state index contributed by atoms with van der Waals surface area (Å²) in [7, 11) is 0. The highest BCUT2D eigenvalue weighted by Gasteiger charge is 2.21. The van der Waals surface area contributed by atoms with Gasteiger partial charge in [-0.2, -0.15) is 0 Å². The third kappa shape index (κ3) is 4.64. The van der Waals surface area contributed by atoms with Crippen LogP contribution in [0.5, 0.6) is 0 Å². The fourth-order valence-corrected chi connectivity index (χ4v) is 4.19. The lowest BCUT2D eigenvalue weighted by atomic mass is 9.87. The number of halogens is 2. The third-order valence-corrected chi connectivity index (χ3v) is 6.04. The molecule has 1 heterocycles. The summed E-state index contributed by atoms with van der Waals surface area (Å²) in [6.45, 7) is 2.26. The van der Waals surface area contributed by atoms with Crippen molar-refractivity contribution in [3.8, 4) is 11.4 Å². The quantitative estimate of drug-likeness (QED) is 0.575. The Morgan fingerprint density at radius 2 is 2.04 bits per heavy atom. The van der Waals surface area contributed by atoms with Crippen LogP contribution in [0.15, 0.2) is 23.4 Å². The average Bonchev–Trinajstić information content (AvgIpc) is 2.96. The molecule has 1 aliphatic rings. The van der Waals surface area contributed by atoms with Crippen molar-refractivity contribution < 1.29 is 4.79 Å². The molecule has 0 unspecified atom stereocenters. The first kappa shape index (κ1) is 19.3. The lowest BCUT2D eigenvalue weighted by molar-refractivity contribution is -0.119. The van der Waals surface area contributed by atoms with Crippen molar-refractivity contribution in [2.45, 2.75) is 43.8 Å². The Morgan fingerprint density at radius 1 is 1.31 bits per heavy atom. The van der Waals surface area contributed by atoms with Gasteiger partial charge in [0.2, 0.25) is 11.1 Å². The summed E-state index contributed by atoms with van der Waals surface area (Å²) < 4.78 is 1.34. The topological polar surface area (TPSA) is 85.8 Å². The van der Waals surface area contributed by atoms with Gasteiger partial charge in [-0.1, -0.05) is 41.9 Å². The smallest absolute Gasteiger partial charge is 0.230 e. The number of hydrogen-bond donors (Lipinski definition) is 2. The molecule has 1 fully saturated rings. The number of hydrogen-bond acceptors (Lipinski definition) is 5. The van der Waals surface area contributed by atoms with Gasteiger partial charge in [0.1, 0.15) is 0 Å². The lowest BCUT2D eigenvalue weighted by Gasteiger charge is -2.26. The molecule has 3 rings (SSSR count). The van der Waals surface area contributed by atoms with Crippen molar-refractivity contribution in [1.29, 1.82) is 0 Å². The second-order valence-electron chi connectivity index (χ2n) is 6.61. The second-order valence-corrected chi connectivity index (χ2v) is 8.40. The molecule has 1 amide bonds. The largest absolute Gasteiger partial charge is 0.353 e. The zero-order chi connectivity index (χ0) is 18.7. The van der Waals surface area contributed by atoms with Gasteiger partial charge in [-0.15, -0.1) is 10.2 Å². The number of carbonyl (C=O) groups is 1. The zero-order valence-corrected chi connectivity index (χ0v) is 16.7. The van der Waals surface area contributed by atoms with Crippen molar-refractivity contribution in [3.63, 3.8) is 0 Å². The van der Waals surface area contributed by atoms with E-state index in [1.807, 2.05) is 0 Å². The van der Waals surface area contributed by atoms with Crippen LogP contribution in [-0.2, 0) is 4.79 Å². The van der Waals surface area contributed by atoms with Crippen molar-refractivity contribution in [3.05, 3.63) is 28.2 Å². The van der Waals surface area contributed by atoms with Crippen LogP contribution in [0.25, 0.3) is 11.4 Å². The Morgan fingerprint density at radius 3 is 2.73 bits per heavy atom. The molecular formula is C17H21Cl2N5OS. The normalized spacial score (nSPS) is 20.1. The predicted octanol–water partition coefficient (Wildman–Crippen LogP) is 3.75. The van der Waals surface area contributed by atoms with Gasteiger partial charge in [-0.3, -0.25) is 4.79 Å². The van der Waals surface area contributed by atoms with Crippen LogP contribution in [0.2, 0.25) is 10.0 Å². The first-order valence-corrected chi connectivity index (χ1v) is 10.3. The molecule has 0 saturated heterocycles. The van der Waals surface area contributed by atoms with E-state index in [1.54, 1.807) is 18.2 Å². The standard InChI is InChI=1S/C17H21Cl2N5OS/c1-10-2-5-12(6-3-10)21-15(25)9-26-17-23-22-16(24(17)20)13-7-4-11(18)8-14(13)19/h4,7-8,10,12H,2-3,5-6,9,20H2,1H3,(H,21,25). The van der Waals surface area contributed by atoms with E-state index in [4.69, 9.17) is 29.0 Å². The first-order valence-electron chi connectivity index (χ1n) is 8.52. The van der Waals surface area contributed by atoms with Gasteiger partial charge in [0, 0.05) is 16.6 Å². The summed E-state index contributed by atoms with van der Waals surface area (Å²) >= 11 is 13.4. The number of amides is 1. The minimum Gasteiger partial charge on any atom is -0.353 e. The van der Waals surface area contributed by atoms with Gasteiger partial charge in [0.05, 0.1) is 10.8 Å². The maximum atomic E-state index is 12.2. The molecule has 9 heteroatoms. The molecule has 1 aromatic heterocycles. The van der Waals surface area contributed by atoms with E-state index in [0.29, 0.717) is 26.6 Å². The van der Waals surface area contributed by atoms with E-state index < -0.39 is 0 Å². The number of nitrogens with one attached hydrogen (secondary N) is 1. The van der Waals surface area contributed by atoms with Crippen LogP contribution < -0.4 is 11.2 Å². The number of nitrogens with zero attached hydrogens (tertiary/aromatic N) is 3. The minimum atomic E-state index is -0.0105. The lowest BCUT2D eigenvalue weighted by Crippen LogP contribution is -2.38. The van der Waals surface area contributed by atoms with Crippen molar-refractivity contribution in [2.75, 3.05) is 11.6 Å². The van der Waals surface area contributed by atoms with E-state index >= 15 is 0 Å². The highest BCUT2D eigenvalue weighted by Crippen LogP contribution is 2.30. The highest BCUT2D eigenvalue weighted by atomic mass is 35.5. The maximum Gasteiger partial charge on any atom is 0.230 e. The fourth-order valence-electron chi connectivity index (χ4n) is 3.03. The molecule has 6 nitrogen and oxygen atoms in total. The predicted molar refractivity (Wildman–Crippen MR) is 106 cm³/mol. The minimum absolute atomic E-state index is 0.0105. The van der Waals surface area contributed by atoms with Gasteiger partial charge in [-0.05, 0) is 49.8 Å². The number of benzene rings is 1. The number of aromatic nitrogens is 3. The third-order valence-electron chi connectivity index (χ3n) is 4.55. The molecule has 1 aromatic carbocycles. The Hall–Kier alpha value is -1.44. The number of carbonyl (C=O) groups excluding carboxylic acids is 1. The highest BCUT2D eigenvalue weighted by molar-refractivity contribution is 7.99. The molecule has 1 saturated carbocycles. The van der Waals surface area contributed by atoms with Crippen LogP contribution in [0.3, 0.4) is 0 Å². The van der Waals surface area contributed by atoms with Gasteiger partial charge in [0.25, 0.3) is 0 Å². The molecule has 0 radical (unpaired) electrons.